The second-order valence-corrected chi connectivity index (χ2v) is 4.59. The number of benzene rings is 1. The van der Waals surface area contributed by atoms with Crippen LogP contribution in [0.5, 0.6) is 0 Å². The average Bonchev–Trinajstić information content (AvgIpc) is 2.51. The smallest absolute Gasteiger partial charge is 0.409 e. The minimum Gasteiger partial charge on any atom is -0.445 e. The van der Waals surface area contributed by atoms with Crippen molar-refractivity contribution in [3.8, 4) is 0 Å². The van der Waals surface area contributed by atoms with Crippen LogP contribution < -0.4 is 0 Å². The van der Waals surface area contributed by atoms with Crippen LogP contribution in [0.3, 0.4) is 0 Å². The second kappa shape index (κ2) is 10.2. The summed E-state index contributed by atoms with van der Waals surface area (Å²) in [5, 5.41) is 0. The van der Waals surface area contributed by atoms with Crippen LogP contribution in [0.15, 0.2) is 30.3 Å². The molecule has 0 unspecified atom stereocenters. The molecule has 21 heavy (non-hydrogen) atoms. The van der Waals surface area contributed by atoms with Gasteiger partial charge in [-0.25, -0.2) is 4.79 Å². The summed E-state index contributed by atoms with van der Waals surface area (Å²) in [5.41, 5.74) is 0.973. The first kappa shape index (κ1) is 17.5. The van der Waals surface area contributed by atoms with Gasteiger partial charge in [0.25, 0.3) is 0 Å². The maximum atomic E-state index is 11.9. The number of rotatable bonds is 9. The molecule has 5 heteroatoms. The molecule has 0 saturated heterocycles. The number of hydrogen-bond acceptors (Lipinski definition) is 4. The molecule has 0 radical (unpaired) electrons. The number of nitrogens with zero attached hydrogens (tertiary/aromatic N) is 1. The molecule has 1 aromatic carbocycles. The summed E-state index contributed by atoms with van der Waals surface area (Å²) in [4.78, 5) is 13.4. The zero-order valence-electron chi connectivity index (χ0n) is 13.1. The Morgan fingerprint density at radius 3 is 2.33 bits per heavy atom. The summed E-state index contributed by atoms with van der Waals surface area (Å²) in [6.45, 7) is 5.83. The van der Waals surface area contributed by atoms with Crippen molar-refractivity contribution in [3.63, 3.8) is 0 Å². The molecule has 1 amide bonds. The highest BCUT2D eigenvalue weighted by Gasteiger charge is 2.14. The van der Waals surface area contributed by atoms with Crippen LogP contribution in [0.2, 0.25) is 0 Å². The fraction of sp³-hybridized carbons (Fsp3) is 0.562. The number of carbonyl (C=O) groups is 1. The van der Waals surface area contributed by atoms with Crippen molar-refractivity contribution in [3.05, 3.63) is 35.9 Å². The molecule has 5 nitrogen and oxygen atoms in total. The average molecular weight is 295 g/mol. The number of ether oxygens (including phenoxy) is 3. The Kier molecular flexibility index (Phi) is 8.47. The predicted octanol–water partition coefficient (Wildman–Crippen LogP) is 3.04. The van der Waals surface area contributed by atoms with E-state index in [1.165, 1.54) is 4.90 Å². The summed E-state index contributed by atoms with van der Waals surface area (Å²) in [7, 11) is 1.71. The summed E-state index contributed by atoms with van der Waals surface area (Å²) in [6, 6.07) is 9.61. The van der Waals surface area contributed by atoms with E-state index in [9.17, 15) is 4.79 Å². The number of carbonyl (C=O) groups excluding carboxylic acids is 1. The fourth-order valence-corrected chi connectivity index (χ4v) is 1.81. The quantitative estimate of drug-likeness (QED) is 0.657. The normalized spacial score (nSPS) is 10.7. The van der Waals surface area contributed by atoms with Crippen molar-refractivity contribution < 1.29 is 19.0 Å². The van der Waals surface area contributed by atoms with Gasteiger partial charge < -0.3 is 19.1 Å². The van der Waals surface area contributed by atoms with Gasteiger partial charge in [0.1, 0.15) is 6.61 Å². The molecule has 0 atom stereocenters. The minimum absolute atomic E-state index is 0.274. The van der Waals surface area contributed by atoms with Gasteiger partial charge in [-0.05, 0) is 19.4 Å². The standard InChI is InChI=1S/C16H25NO4/c1-4-19-15(20-5-2)11-12-17(3)16(18)21-13-14-9-7-6-8-10-14/h6-10,15H,4-5,11-13H2,1-3H3. The molecule has 0 saturated carbocycles. The van der Waals surface area contributed by atoms with Gasteiger partial charge in [-0.3, -0.25) is 0 Å². The van der Waals surface area contributed by atoms with Crippen LogP contribution in [0, 0.1) is 0 Å². The SMILES string of the molecule is CCOC(CCN(C)C(=O)OCc1ccccc1)OCC. The largest absolute Gasteiger partial charge is 0.445 e. The number of amides is 1. The van der Waals surface area contributed by atoms with Gasteiger partial charge >= 0.3 is 6.09 Å². The third-order valence-electron chi connectivity index (χ3n) is 2.92. The van der Waals surface area contributed by atoms with Crippen molar-refractivity contribution >= 4 is 6.09 Å². The van der Waals surface area contributed by atoms with Crippen LogP contribution in [0.25, 0.3) is 0 Å². The third-order valence-corrected chi connectivity index (χ3v) is 2.92. The van der Waals surface area contributed by atoms with E-state index >= 15 is 0 Å². The van der Waals surface area contributed by atoms with Crippen molar-refractivity contribution in [1.82, 2.24) is 4.90 Å². The van der Waals surface area contributed by atoms with Gasteiger partial charge in [-0.1, -0.05) is 30.3 Å². The van der Waals surface area contributed by atoms with Crippen LogP contribution in [-0.4, -0.2) is 44.1 Å². The highest BCUT2D eigenvalue weighted by molar-refractivity contribution is 5.67. The Hall–Kier alpha value is -1.59. The van der Waals surface area contributed by atoms with Gasteiger partial charge in [0.05, 0.1) is 0 Å². The lowest BCUT2D eigenvalue weighted by atomic mass is 10.2. The molecule has 0 fully saturated rings. The molecule has 0 aliphatic rings. The van der Waals surface area contributed by atoms with E-state index < -0.39 is 0 Å². The van der Waals surface area contributed by atoms with Gasteiger partial charge in [0, 0.05) is 33.2 Å². The zero-order chi connectivity index (χ0) is 15.5. The van der Waals surface area contributed by atoms with Gasteiger partial charge in [-0.2, -0.15) is 0 Å². The molecule has 0 spiro atoms. The Balaban J connectivity index is 2.30. The van der Waals surface area contributed by atoms with Crippen molar-refractivity contribution in [1.29, 1.82) is 0 Å². The monoisotopic (exact) mass is 295 g/mol. The summed E-state index contributed by atoms with van der Waals surface area (Å²) in [5.74, 6) is 0. The highest BCUT2D eigenvalue weighted by atomic mass is 16.7. The summed E-state index contributed by atoms with van der Waals surface area (Å²) < 4.78 is 16.1. The lowest BCUT2D eigenvalue weighted by Gasteiger charge is -2.21. The molecular weight excluding hydrogens is 270 g/mol. The molecule has 118 valence electrons. The van der Waals surface area contributed by atoms with E-state index in [1.807, 2.05) is 44.2 Å². The molecule has 0 heterocycles. The molecule has 0 bridgehead atoms. The zero-order valence-corrected chi connectivity index (χ0v) is 13.1. The van der Waals surface area contributed by atoms with Crippen LogP contribution in [0.4, 0.5) is 4.79 Å². The fourth-order valence-electron chi connectivity index (χ4n) is 1.81. The second-order valence-electron chi connectivity index (χ2n) is 4.59. The van der Waals surface area contributed by atoms with Crippen molar-refractivity contribution in [2.75, 3.05) is 26.8 Å². The molecule has 0 N–H and O–H groups in total. The molecule has 0 aromatic heterocycles. The summed E-state index contributed by atoms with van der Waals surface area (Å²) >= 11 is 0. The first-order valence-electron chi connectivity index (χ1n) is 7.32. The highest BCUT2D eigenvalue weighted by Crippen LogP contribution is 2.05. The summed E-state index contributed by atoms with van der Waals surface area (Å²) in [6.07, 6.45) is 0.00786. The topological polar surface area (TPSA) is 48.0 Å². The van der Waals surface area contributed by atoms with E-state index in [0.717, 1.165) is 5.56 Å². The first-order chi connectivity index (χ1) is 10.2. The number of hydrogen-bond donors (Lipinski definition) is 0. The van der Waals surface area contributed by atoms with E-state index in [1.54, 1.807) is 7.05 Å². The third kappa shape index (κ3) is 7.11. The lowest BCUT2D eigenvalue weighted by molar-refractivity contribution is -0.140. The molecule has 0 aliphatic carbocycles. The minimum atomic E-state index is -0.342. The Labute approximate surface area is 126 Å². The maximum Gasteiger partial charge on any atom is 0.409 e. The van der Waals surface area contributed by atoms with Gasteiger partial charge in [-0.15, -0.1) is 0 Å². The maximum absolute atomic E-state index is 11.9. The van der Waals surface area contributed by atoms with Crippen LogP contribution >= 0.6 is 0 Å². The lowest BCUT2D eigenvalue weighted by Crippen LogP contribution is -2.31. The van der Waals surface area contributed by atoms with E-state index in [0.29, 0.717) is 26.2 Å². The Bertz CT molecular complexity index is 391. The van der Waals surface area contributed by atoms with Crippen LogP contribution in [-0.2, 0) is 20.8 Å². The van der Waals surface area contributed by atoms with Crippen molar-refractivity contribution in [2.24, 2.45) is 0 Å². The first-order valence-corrected chi connectivity index (χ1v) is 7.32. The van der Waals surface area contributed by atoms with Gasteiger partial charge in [0.15, 0.2) is 6.29 Å². The molecular formula is C16H25NO4. The van der Waals surface area contributed by atoms with E-state index in [-0.39, 0.29) is 19.0 Å². The van der Waals surface area contributed by atoms with Crippen LogP contribution in [0.1, 0.15) is 25.8 Å². The van der Waals surface area contributed by atoms with Gasteiger partial charge in [0.2, 0.25) is 0 Å². The molecule has 1 rings (SSSR count). The van der Waals surface area contributed by atoms with Crippen molar-refractivity contribution in [2.45, 2.75) is 33.2 Å². The van der Waals surface area contributed by atoms with E-state index in [4.69, 9.17) is 14.2 Å². The Morgan fingerprint density at radius 2 is 1.76 bits per heavy atom. The molecule has 1 aromatic rings. The molecule has 0 aliphatic heterocycles. The Morgan fingerprint density at radius 1 is 1.14 bits per heavy atom. The predicted molar refractivity (Wildman–Crippen MR) is 80.9 cm³/mol. The van der Waals surface area contributed by atoms with E-state index in [2.05, 4.69) is 0 Å².